The van der Waals surface area contributed by atoms with Crippen LogP contribution in [0.25, 0.3) is 0 Å². The third-order valence-corrected chi connectivity index (χ3v) is 2.30. The predicted octanol–water partition coefficient (Wildman–Crippen LogP) is -1.17. The molecule has 0 aliphatic heterocycles. The van der Waals surface area contributed by atoms with Gasteiger partial charge in [-0.25, -0.2) is 4.99 Å². The van der Waals surface area contributed by atoms with Gasteiger partial charge in [-0.15, -0.1) is 0 Å². The molecule has 0 saturated heterocycles. The largest absolute Gasteiger partial charge is 0.370 e. The van der Waals surface area contributed by atoms with Crippen LogP contribution < -0.4 is 16.8 Å². The lowest BCUT2D eigenvalue weighted by Crippen LogP contribution is -2.35. The molecular formula is C8H16N4O. The van der Waals surface area contributed by atoms with E-state index in [1.54, 1.807) is 14.0 Å². The quantitative estimate of drug-likeness (QED) is 0.379. The molecule has 74 valence electrons. The molecule has 13 heavy (non-hydrogen) atoms. The van der Waals surface area contributed by atoms with Gasteiger partial charge in [0.05, 0.1) is 12.1 Å². The van der Waals surface area contributed by atoms with Crippen molar-refractivity contribution in [3.63, 3.8) is 0 Å². The van der Waals surface area contributed by atoms with Crippen LogP contribution in [0.5, 0.6) is 0 Å². The first-order valence-electron chi connectivity index (χ1n) is 4.32. The number of likely N-dealkylation sites (N-methyl/N-ethyl adjacent to an activating group) is 1. The Balaban J connectivity index is 2.49. The van der Waals surface area contributed by atoms with Gasteiger partial charge >= 0.3 is 0 Å². The Labute approximate surface area is 77.6 Å². The van der Waals surface area contributed by atoms with Crippen molar-refractivity contribution in [2.24, 2.45) is 22.4 Å². The predicted molar refractivity (Wildman–Crippen MR) is 51.2 cm³/mol. The number of hydrogen-bond donors (Lipinski definition) is 3. The summed E-state index contributed by atoms with van der Waals surface area (Å²) in [4.78, 5) is 15.1. The molecule has 0 heterocycles. The SMILES string of the molecule is CN[C@H](C(C)=O)C1CC1N=C(N)N. The summed E-state index contributed by atoms with van der Waals surface area (Å²) >= 11 is 0. The number of hydrogen-bond acceptors (Lipinski definition) is 3. The first-order valence-corrected chi connectivity index (χ1v) is 4.32. The molecule has 0 radical (unpaired) electrons. The molecule has 0 aromatic carbocycles. The van der Waals surface area contributed by atoms with E-state index in [9.17, 15) is 4.79 Å². The minimum absolute atomic E-state index is 0.103. The highest BCUT2D eigenvalue weighted by molar-refractivity contribution is 5.82. The van der Waals surface area contributed by atoms with Crippen molar-refractivity contribution in [3.8, 4) is 0 Å². The highest BCUT2D eigenvalue weighted by Crippen LogP contribution is 2.36. The maximum absolute atomic E-state index is 11.1. The molecule has 1 saturated carbocycles. The second-order valence-corrected chi connectivity index (χ2v) is 3.40. The fraction of sp³-hybridized carbons (Fsp3) is 0.750. The average molecular weight is 184 g/mol. The van der Waals surface area contributed by atoms with E-state index >= 15 is 0 Å². The molecule has 2 unspecified atom stereocenters. The van der Waals surface area contributed by atoms with Crippen LogP contribution in [0.1, 0.15) is 13.3 Å². The molecule has 5 nitrogen and oxygen atoms in total. The lowest BCUT2D eigenvalue weighted by Gasteiger charge is -2.10. The van der Waals surface area contributed by atoms with Gasteiger partial charge in [-0.3, -0.25) is 4.79 Å². The van der Waals surface area contributed by atoms with Gasteiger partial charge in [-0.05, 0) is 20.4 Å². The Bertz CT molecular complexity index is 234. The number of nitrogens with one attached hydrogen (secondary N) is 1. The number of nitrogens with zero attached hydrogens (tertiary/aromatic N) is 1. The Morgan fingerprint density at radius 3 is 2.62 bits per heavy atom. The fourth-order valence-corrected chi connectivity index (χ4v) is 1.62. The van der Waals surface area contributed by atoms with Gasteiger partial charge < -0.3 is 16.8 Å². The first-order chi connectivity index (χ1) is 6.06. The molecule has 0 spiro atoms. The summed E-state index contributed by atoms with van der Waals surface area (Å²) < 4.78 is 0. The molecular weight excluding hydrogens is 168 g/mol. The van der Waals surface area contributed by atoms with E-state index in [-0.39, 0.29) is 29.7 Å². The molecule has 0 aromatic rings. The Hall–Kier alpha value is -1.10. The van der Waals surface area contributed by atoms with Crippen molar-refractivity contribution in [1.82, 2.24) is 5.32 Å². The summed E-state index contributed by atoms with van der Waals surface area (Å²) in [6, 6.07) is 0.0273. The van der Waals surface area contributed by atoms with Crippen molar-refractivity contribution in [2.45, 2.75) is 25.4 Å². The zero-order valence-corrected chi connectivity index (χ0v) is 7.95. The summed E-state index contributed by atoms with van der Waals surface area (Å²) in [7, 11) is 1.77. The number of nitrogens with two attached hydrogens (primary N) is 2. The van der Waals surface area contributed by atoms with Crippen LogP contribution in [-0.4, -0.2) is 30.9 Å². The van der Waals surface area contributed by atoms with Gasteiger partial charge in [0.25, 0.3) is 0 Å². The van der Waals surface area contributed by atoms with Crippen LogP contribution in [-0.2, 0) is 4.79 Å². The van der Waals surface area contributed by atoms with E-state index in [0.717, 1.165) is 6.42 Å². The Kier molecular flexibility index (Phi) is 2.87. The van der Waals surface area contributed by atoms with E-state index in [1.165, 1.54) is 0 Å². The second-order valence-electron chi connectivity index (χ2n) is 3.40. The molecule has 1 aliphatic rings. The minimum Gasteiger partial charge on any atom is -0.370 e. The monoisotopic (exact) mass is 184 g/mol. The van der Waals surface area contributed by atoms with E-state index in [2.05, 4.69) is 10.3 Å². The zero-order valence-electron chi connectivity index (χ0n) is 7.95. The molecule has 0 amide bonds. The number of aliphatic imine (C=N–C) groups is 1. The number of carbonyl (C=O) groups is 1. The van der Waals surface area contributed by atoms with Crippen molar-refractivity contribution in [3.05, 3.63) is 0 Å². The van der Waals surface area contributed by atoms with Gasteiger partial charge in [0, 0.05) is 5.92 Å². The summed E-state index contributed by atoms with van der Waals surface area (Å²) in [5, 5.41) is 2.97. The van der Waals surface area contributed by atoms with Gasteiger partial charge in [-0.1, -0.05) is 0 Å². The molecule has 1 rings (SSSR count). The lowest BCUT2D eigenvalue weighted by atomic mass is 10.1. The van der Waals surface area contributed by atoms with Gasteiger partial charge in [0.1, 0.15) is 5.78 Å². The number of ketones is 1. The summed E-state index contributed by atoms with van der Waals surface area (Å²) in [5.41, 5.74) is 10.5. The molecule has 1 fully saturated rings. The number of carbonyl (C=O) groups excluding carboxylic acids is 1. The topological polar surface area (TPSA) is 93.5 Å². The maximum Gasteiger partial charge on any atom is 0.186 e. The molecule has 0 bridgehead atoms. The molecule has 5 N–H and O–H groups in total. The fourth-order valence-electron chi connectivity index (χ4n) is 1.62. The third-order valence-electron chi connectivity index (χ3n) is 2.30. The summed E-state index contributed by atoms with van der Waals surface area (Å²) in [6.07, 6.45) is 0.892. The highest BCUT2D eigenvalue weighted by atomic mass is 16.1. The van der Waals surface area contributed by atoms with Gasteiger partial charge in [-0.2, -0.15) is 0 Å². The van der Waals surface area contributed by atoms with Crippen molar-refractivity contribution >= 4 is 11.7 Å². The van der Waals surface area contributed by atoms with Crippen LogP contribution in [0.15, 0.2) is 4.99 Å². The molecule has 5 heteroatoms. The average Bonchev–Trinajstić information content (AvgIpc) is 2.67. The van der Waals surface area contributed by atoms with Gasteiger partial charge in [0.15, 0.2) is 5.96 Å². The second kappa shape index (κ2) is 3.74. The molecule has 0 aromatic heterocycles. The van der Waals surface area contributed by atoms with Crippen molar-refractivity contribution < 1.29 is 4.79 Å². The van der Waals surface area contributed by atoms with Gasteiger partial charge in [0.2, 0.25) is 0 Å². The molecule has 3 atom stereocenters. The van der Waals surface area contributed by atoms with Crippen LogP contribution in [0.4, 0.5) is 0 Å². The van der Waals surface area contributed by atoms with E-state index < -0.39 is 0 Å². The van der Waals surface area contributed by atoms with Crippen LogP contribution in [0, 0.1) is 5.92 Å². The first kappa shape index (κ1) is 9.98. The van der Waals surface area contributed by atoms with E-state index in [1.807, 2.05) is 0 Å². The number of guanidine groups is 1. The smallest absolute Gasteiger partial charge is 0.186 e. The van der Waals surface area contributed by atoms with E-state index in [0.29, 0.717) is 0 Å². The molecule has 1 aliphatic carbocycles. The maximum atomic E-state index is 11.1. The van der Waals surface area contributed by atoms with Crippen LogP contribution in [0.3, 0.4) is 0 Å². The highest BCUT2D eigenvalue weighted by Gasteiger charge is 2.44. The third kappa shape index (κ3) is 2.42. The van der Waals surface area contributed by atoms with Crippen molar-refractivity contribution in [1.29, 1.82) is 0 Å². The normalized spacial score (nSPS) is 27.8. The minimum atomic E-state index is -0.104. The standard InChI is InChI=1S/C8H16N4O/c1-4(13)7(11-2)5-3-6(5)12-8(9)10/h5-7,11H,3H2,1-2H3,(H4,9,10,12)/t5?,6?,7-/m1/s1. The van der Waals surface area contributed by atoms with Crippen LogP contribution >= 0.6 is 0 Å². The Morgan fingerprint density at radius 2 is 2.23 bits per heavy atom. The lowest BCUT2D eigenvalue weighted by molar-refractivity contribution is -0.119. The zero-order chi connectivity index (χ0) is 10.0. The van der Waals surface area contributed by atoms with Crippen LogP contribution in [0.2, 0.25) is 0 Å². The van der Waals surface area contributed by atoms with E-state index in [4.69, 9.17) is 11.5 Å². The number of rotatable bonds is 4. The van der Waals surface area contributed by atoms with Crippen molar-refractivity contribution in [2.75, 3.05) is 7.05 Å². The summed E-state index contributed by atoms with van der Waals surface area (Å²) in [5.74, 6) is 0.510. The number of Topliss-reactive ketones (excluding diaryl/α,β-unsaturated/α-hetero) is 1. The summed E-state index contributed by atoms with van der Waals surface area (Å²) in [6.45, 7) is 1.58. The Morgan fingerprint density at radius 1 is 1.62 bits per heavy atom.